The quantitative estimate of drug-likeness (QED) is 0.868. The van der Waals surface area contributed by atoms with Crippen molar-refractivity contribution < 1.29 is 9.59 Å². The summed E-state index contributed by atoms with van der Waals surface area (Å²) in [4.78, 5) is 26.0. The van der Waals surface area contributed by atoms with Gasteiger partial charge in [-0.2, -0.15) is 0 Å². The lowest BCUT2D eigenvalue weighted by Gasteiger charge is -2.20. The van der Waals surface area contributed by atoms with E-state index in [2.05, 4.69) is 31.4 Å². The number of anilines is 1. The van der Waals surface area contributed by atoms with Crippen molar-refractivity contribution in [1.29, 1.82) is 0 Å². The van der Waals surface area contributed by atoms with E-state index in [4.69, 9.17) is 11.6 Å². The molecule has 1 aliphatic rings. The van der Waals surface area contributed by atoms with E-state index in [1.165, 1.54) is 0 Å². The number of carbonyl (C=O) groups excluding carboxylic acids is 2. The molecule has 1 fully saturated rings. The molecule has 2 rings (SSSR count). The Hall–Kier alpha value is -1.75. The van der Waals surface area contributed by atoms with Crippen LogP contribution in [0.4, 0.5) is 5.69 Å². The monoisotopic (exact) mass is 337 g/mol. The Morgan fingerprint density at radius 3 is 2.61 bits per heavy atom. The molecule has 1 aliphatic heterocycles. The van der Waals surface area contributed by atoms with Gasteiger partial charge >= 0.3 is 0 Å². The molecule has 1 saturated heterocycles. The number of benzene rings is 1. The smallest absolute Gasteiger partial charge is 0.253 e. The topological polar surface area (TPSA) is 61.4 Å². The van der Waals surface area contributed by atoms with Crippen LogP contribution in [0.3, 0.4) is 0 Å². The van der Waals surface area contributed by atoms with Crippen LogP contribution in [-0.2, 0) is 4.79 Å². The minimum atomic E-state index is -0.463. The van der Waals surface area contributed by atoms with E-state index in [0.29, 0.717) is 29.5 Å². The van der Waals surface area contributed by atoms with Crippen LogP contribution in [-0.4, -0.2) is 42.4 Å². The molecule has 2 amide bonds. The predicted molar refractivity (Wildman–Crippen MR) is 92.9 cm³/mol. The van der Waals surface area contributed by atoms with Crippen LogP contribution in [0.1, 0.15) is 37.6 Å². The molecule has 2 atom stereocenters. The third-order valence-corrected chi connectivity index (χ3v) is 4.67. The van der Waals surface area contributed by atoms with Gasteiger partial charge in [-0.15, -0.1) is 0 Å². The predicted octanol–water partition coefficient (Wildman–Crippen LogP) is 2.76. The lowest BCUT2D eigenvalue weighted by Crippen LogP contribution is -2.40. The van der Waals surface area contributed by atoms with Crippen LogP contribution in [0.15, 0.2) is 18.2 Å². The highest BCUT2D eigenvalue weighted by Gasteiger charge is 2.30. The number of rotatable bonds is 5. The van der Waals surface area contributed by atoms with Gasteiger partial charge in [-0.25, -0.2) is 0 Å². The van der Waals surface area contributed by atoms with Crippen molar-refractivity contribution in [2.75, 3.05) is 18.9 Å². The average molecular weight is 338 g/mol. The fourth-order valence-electron chi connectivity index (χ4n) is 2.41. The van der Waals surface area contributed by atoms with Gasteiger partial charge in [0.25, 0.3) is 5.91 Å². The molecular weight excluding hydrogens is 314 g/mol. The first-order chi connectivity index (χ1) is 10.8. The minimum absolute atomic E-state index is 0.0582. The number of nitrogens with zero attached hydrogens (tertiary/aromatic N) is 1. The largest absolute Gasteiger partial charge is 0.382 e. The maximum atomic E-state index is 12.5. The van der Waals surface area contributed by atoms with E-state index in [1.807, 2.05) is 6.07 Å². The van der Waals surface area contributed by atoms with E-state index in [9.17, 15) is 9.59 Å². The van der Waals surface area contributed by atoms with Crippen LogP contribution in [0, 0.1) is 5.92 Å². The zero-order valence-corrected chi connectivity index (χ0v) is 14.8. The molecule has 6 heteroatoms. The van der Waals surface area contributed by atoms with Crippen molar-refractivity contribution in [3.8, 4) is 0 Å². The molecule has 0 unspecified atom stereocenters. The Morgan fingerprint density at radius 2 is 2.04 bits per heavy atom. The zero-order chi connectivity index (χ0) is 17.1. The fourth-order valence-corrected chi connectivity index (χ4v) is 2.61. The zero-order valence-electron chi connectivity index (χ0n) is 14.0. The van der Waals surface area contributed by atoms with Crippen LogP contribution >= 0.6 is 11.6 Å². The van der Waals surface area contributed by atoms with Gasteiger partial charge in [0.15, 0.2) is 0 Å². The number of hydrogen-bond acceptors (Lipinski definition) is 3. The van der Waals surface area contributed by atoms with Gasteiger partial charge < -0.3 is 15.5 Å². The van der Waals surface area contributed by atoms with Crippen molar-refractivity contribution >= 4 is 29.1 Å². The van der Waals surface area contributed by atoms with Crippen LogP contribution in [0.25, 0.3) is 0 Å². The van der Waals surface area contributed by atoms with Gasteiger partial charge in [-0.05, 0) is 37.5 Å². The number of amides is 2. The van der Waals surface area contributed by atoms with Crippen molar-refractivity contribution in [1.82, 2.24) is 10.2 Å². The summed E-state index contributed by atoms with van der Waals surface area (Å²) in [5, 5.41) is 6.52. The number of halogens is 1. The lowest BCUT2D eigenvalue weighted by atomic mass is 10.1. The molecular formula is C17H24ClN3O2. The summed E-state index contributed by atoms with van der Waals surface area (Å²) in [7, 11) is 1.74. The van der Waals surface area contributed by atoms with E-state index < -0.39 is 6.04 Å². The molecule has 2 N–H and O–H groups in total. The average Bonchev–Trinajstić information content (AvgIpc) is 2.81. The summed E-state index contributed by atoms with van der Waals surface area (Å²) in [6.07, 6.45) is 0.626. The summed E-state index contributed by atoms with van der Waals surface area (Å²) in [5.74, 6) is 0.0938. The van der Waals surface area contributed by atoms with Gasteiger partial charge in [0, 0.05) is 25.3 Å². The summed E-state index contributed by atoms with van der Waals surface area (Å²) >= 11 is 6.16. The van der Waals surface area contributed by atoms with Crippen LogP contribution in [0.5, 0.6) is 0 Å². The molecule has 0 radical (unpaired) electrons. The molecule has 126 valence electrons. The fraction of sp³-hybridized carbons (Fsp3) is 0.529. The van der Waals surface area contributed by atoms with E-state index in [-0.39, 0.29) is 17.9 Å². The molecule has 5 nitrogen and oxygen atoms in total. The highest BCUT2D eigenvalue weighted by atomic mass is 35.5. The van der Waals surface area contributed by atoms with Crippen molar-refractivity contribution in [3.63, 3.8) is 0 Å². The molecule has 1 heterocycles. The maximum Gasteiger partial charge on any atom is 0.253 e. The summed E-state index contributed by atoms with van der Waals surface area (Å²) in [5.41, 5.74) is 1.23. The standard InChI is InChI=1S/C17H24ClN3O2/c1-10(2)11(3)19-12-5-6-14(18)13(9-12)16(22)20-15-7-8-21(4)17(15)23/h5-6,9-11,15,19H,7-8H2,1-4H3,(H,20,22)/t11-,15+/m1/s1. The molecule has 0 aliphatic carbocycles. The van der Waals surface area contributed by atoms with E-state index >= 15 is 0 Å². The molecule has 0 aromatic heterocycles. The summed E-state index contributed by atoms with van der Waals surface area (Å²) in [6, 6.07) is 5.10. The summed E-state index contributed by atoms with van der Waals surface area (Å²) < 4.78 is 0. The lowest BCUT2D eigenvalue weighted by molar-refractivity contribution is -0.128. The number of likely N-dealkylation sites (N-methyl/N-ethyl adjacent to an activating group) is 1. The Balaban J connectivity index is 2.12. The Kier molecular flexibility index (Phi) is 5.52. The third kappa shape index (κ3) is 4.16. The van der Waals surface area contributed by atoms with Gasteiger partial charge in [0.2, 0.25) is 5.91 Å². The molecule has 0 saturated carbocycles. The number of carbonyl (C=O) groups is 2. The number of likely N-dealkylation sites (tertiary alicyclic amines) is 1. The van der Waals surface area contributed by atoms with E-state index in [0.717, 1.165) is 5.69 Å². The molecule has 23 heavy (non-hydrogen) atoms. The maximum absolute atomic E-state index is 12.5. The third-order valence-electron chi connectivity index (χ3n) is 4.34. The van der Waals surface area contributed by atoms with Gasteiger partial charge in [-0.1, -0.05) is 25.4 Å². The second-order valence-corrected chi connectivity index (χ2v) is 6.85. The Bertz CT molecular complexity index is 604. The van der Waals surface area contributed by atoms with Gasteiger partial charge in [-0.3, -0.25) is 9.59 Å². The first-order valence-electron chi connectivity index (χ1n) is 7.91. The van der Waals surface area contributed by atoms with Gasteiger partial charge in [0.1, 0.15) is 6.04 Å². The SMILES string of the molecule is CC(C)[C@@H](C)Nc1ccc(Cl)c(C(=O)N[C@H]2CCN(C)C2=O)c1. The molecule has 0 bridgehead atoms. The van der Waals surface area contributed by atoms with Crippen molar-refractivity contribution in [2.45, 2.75) is 39.3 Å². The van der Waals surface area contributed by atoms with Gasteiger partial charge in [0.05, 0.1) is 10.6 Å². The number of hydrogen-bond donors (Lipinski definition) is 2. The molecule has 1 aromatic carbocycles. The van der Waals surface area contributed by atoms with Crippen molar-refractivity contribution in [3.05, 3.63) is 28.8 Å². The molecule has 1 aromatic rings. The summed E-state index contributed by atoms with van der Waals surface area (Å²) in [6.45, 7) is 7.00. The minimum Gasteiger partial charge on any atom is -0.382 e. The second-order valence-electron chi connectivity index (χ2n) is 6.45. The normalized spacial score (nSPS) is 19.1. The second kappa shape index (κ2) is 7.21. The highest BCUT2D eigenvalue weighted by molar-refractivity contribution is 6.34. The van der Waals surface area contributed by atoms with Crippen LogP contribution < -0.4 is 10.6 Å². The number of nitrogens with one attached hydrogen (secondary N) is 2. The van der Waals surface area contributed by atoms with Crippen LogP contribution in [0.2, 0.25) is 5.02 Å². The van der Waals surface area contributed by atoms with Crippen molar-refractivity contribution in [2.24, 2.45) is 5.92 Å². The Labute approximate surface area is 142 Å². The first kappa shape index (κ1) is 17.6. The highest BCUT2D eigenvalue weighted by Crippen LogP contribution is 2.22. The molecule has 0 spiro atoms. The first-order valence-corrected chi connectivity index (χ1v) is 8.29. The van der Waals surface area contributed by atoms with E-state index in [1.54, 1.807) is 24.1 Å². The Morgan fingerprint density at radius 1 is 1.35 bits per heavy atom.